The maximum absolute atomic E-state index is 12.9. The Morgan fingerprint density at radius 1 is 1.31 bits per heavy atom. The summed E-state index contributed by atoms with van der Waals surface area (Å²) < 4.78 is 12.7. The number of halogens is 1. The Kier molecular flexibility index (Phi) is 6.77. The maximum Gasteiger partial charge on any atom is 0.326 e. The molecule has 0 radical (unpaired) electrons. The summed E-state index contributed by atoms with van der Waals surface area (Å²) in [4.78, 5) is 24.7. The molecule has 0 fully saturated rings. The molecule has 0 spiro atoms. The van der Waals surface area contributed by atoms with Crippen molar-refractivity contribution in [3.05, 3.63) is 57.0 Å². The molecule has 0 saturated carbocycles. The van der Waals surface area contributed by atoms with Crippen molar-refractivity contribution < 1.29 is 19.4 Å². The molecule has 7 heteroatoms. The number of carboxylic acid groups (broad SMARTS) is 1. The van der Waals surface area contributed by atoms with Gasteiger partial charge in [0.2, 0.25) is 0 Å². The van der Waals surface area contributed by atoms with Crippen LogP contribution in [0.4, 0.5) is 0 Å². The van der Waals surface area contributed by atoms with Crippen LogP contribution < -0.4 is 5.56 Å². The number of fused-ring (bicyclic) bond motifs is 3. The number of aliphatic carboxylic acids is 1. The second-order valence-corrected chi connectivity index (χ2v) is 8.08. The molecule has 156 valence electrons. The third-order valence-electron chi connectivity index (χ3n) is 5.02. The van der Waals surface area contributed by atoms with Gasteiger partial charge in [-0.3, -0.25) is 4.79 Å². The normalized spacial score (nSPS) is 17.2. The highest BCUT2D eigenvalue weighted by atomic mass is 35.5. The van der Waals surface area contributed by atoms with Crippen molar-refractivity contribution in [2.45, 2.75) is 58.5 Å². The molecular weight excluding hydrogens is 394 g/mol. The second-order valence-electron chi connectivity index (χ2n) is 7.65. The largest absolute Gasteiger partial charge is 0.480 e. The van der Waals surface area contributed by atoms with E-state index in [1.807, 2.05) is 39.0 Å². The first-order valence-corrected chi connectivity index (χ1v) is 10.1. The highest BCUT2D eigenvalue weighted by Crippen LogP contribution is 2.33. The number of pyridine rings is 1. The van der Waals surface area contributed by atoms with E-state index in [-0.39, 0.29) is 37.4 Å². The number of benzene rings is 1. The number of rotatable bonds is 6. The van der Waals surface area contributed by atoms with Gasteiger partial charge in [-0.05, 0) is 56.0 Å². The summed E-state index contributed by atoms with van der Waals surface area (Å²) in [7, 11) is 0. The minimum absolute atomic E-state index is 0.00639. The Morgan fingerprint density at radius 2 is 2.03 bits per heavy atom. The summed E-state index contributed by atoms with van der Waals surface area (Å²) in [5.74, 6) is -1.07. The summed E-state index contributed by atoms with van der Waals surface area (Å²) in [6.45, 7) is 6.30. The van der Waals surface area contributed by atoms with Gasteiger partial charge in [0.15, 0.2) is 0 Å². The average Bonchev–Trinajstić information content (AvgIpc) is 2.64. The van der Waals surface area contributed by atoms with E-state index in [4.69, 9.17) is 21.1 Å². The van der Waals surface area contributed by atoms with Crippen LogP contribution in [0.3, 0.4) is 0 Å². The highest BCUT2D eigenvalue weighted by molar-refractivity contribution is 6.30. The molecular formula is C22H26ClNO5. The first-order chi connectivity index (χ1) is 13.8. The van der Waals surface area contributed by atoms with Crippen LogP contribution in [-0.4, -0.2) is 34.5 Å². The monoisotopic (exact) mass is 419 g/mol. The van der Waals surface area contributed by atoms with Crippen LogP contribution in [0.5, 0.6) is 0 Å². The Bertz CT molecular complexity index is 953. The van der Waals surface area contributed by atoms with Gasteiger partial charge in [-0.1, -0.05) is 17.7 Å². The number of nitrogens with zero attached hydrogens (tertiary/aromatic N) is 1. The van der Waals surface area contributed by atoms with E-state index in [2.05, 4.69) is 0 Å². The zero-order valence-corrected chi connectivity index (χ0v) is 17.6. The number of carboxylic acids is 1. The van der Waals surface area contributed by atoms with Crippen molar-refractivity contribution in [3.8, 4) is 11.1 Å². The molecule has 1 aliphatic rings. The van der Waals surface area contributed by atoms with Crippen LogP contribution in [0.1, 0.15) is 44.4 Å². The van der Waals surface area contributed by atoms with Gasteiger partial charge >= 0.3 is 5.97 Å². The van der Waals surface area contributed by atoms with Crippen LogP contribution in [0, 0.1) is 0 Å². The lowest BCUT2D eigenvalue weighted by Crippen LogP contribution is -2.31. The first kappa shape index (κ1) is 21.6. The van der Waals surface area contributed by atoms with Gasteiger partial charge in [0.25, 0.3) is 5.56 Å². The van der Waals surface area contributed by atoms with Crippen LogP contribution in [0.25, 0.3) is 11.1 Å². The van der Waals surface area contributed by atoms with Crippen LogP contribution in [0.15, 0.2) is 35.3 Å². The summed E-state index contributed by atoms with van der Waals surface area (Å²) in [6, 6.07) is 6.10. The maximum atomic E-state index is 12.9. The smallest absolute Gasteiger partial charge is 0.326 e. The number of hydrogen-bond acceptors (Lipinski definition) is 4. The lowest BCUT2D eigenvalue weighted by Gasteiger charge is -2.24. The molecule has 2 heterocycles. The van der Waals surface area contributed by atoms with Gasteiger partial charge in [0.1, 0.15) is 6.04 Å². The molecule has 0 amide bonds. The standard InChI is InChI=1S/C22H26ClNO5/c1-13(2)28-7-6-20(22(26)27)24-11-16-12-29-14(3)8-15-4-5-17(23)9-18(15)19(16)10-21(24)25/h4-5,9-11,13-14,20H,6-8,12H2,1-3H3,(H,26,27). The molecule has 1 aliphatic heterocycles. The predicted octanol–water partition coefficient (Wildman–Crippen LogP) is 4.07. The zero-order chi connectivity index (χ0) is 21.1. The fourth-order valence-corrected chi connectivity index (χ4v) is 3.75. The molecule has 0 aliphatic carbocycles. The molecule has 0 bridgehead atoms. The minimum Gasteiger partial charge on any atom is -0.480 e. The van der Waals surface area contributed by atoms with Crippen LogP contribution in [0.2, 0.25) is 5.02 Å². The topological polar surface area (TPSA) is 77.8 Å². The SMILES string of the molecule is CC(C)OCCC(C(=O)O)n1cc2c(cc1=O)-c1cc(Cl)ccc1CC(C)OC2. The van der Waals surface area contributed by atoms with Crippen molar-refractivity contribution in [2.24, 2.45) is 0 Å². The van der Waals surface area contributed by atoms with Crippen molar-refractivity contribution in [3.63, 3.8) is 0 Å². The molecule has 2 atom stereocenters. The molecule has 1 aromatic carbocycles. The third kappa shape index (κ3) is 5.07. The van der Waals surface area contributed by atoms with Gasteiger partial charge in [0.05, 0.1) is 18.8 Å². The van der Waals surface area contributed by atoms with Crippen molar-refractivity contribution in [1.29, 1.82) is 0 Å². The number of carbonyl (C=O) groups is 1. The third-order valence-corrected chi connectivity index (χ3v) is 5.25. The van der Waals surface area contributed by atoms with Crippen LogP contribution >= 0.6 is 11.6 Å². The Labute approximate surface area is 175 Å². The lowest BCUT2D eigenvalue weighted by atomic mass is 9.92. The summed E-state index contributed by atoms with van der Waals surface area (Å²) in [5.41, 5.74) is 3.05. The first-order valence-electron chi connectivity index (χ1n) is 9.76. The van der Waals surface area contributed by atoms with Crippen molar-refractivity contribution in [2.75, 3.05) is 6.61 Å². The average molecular weight is 420 g/mol. The van der Waals surface area contributed by atoms with E-state index in [1.54, 1.807) is 6.20 Å². The Balaban J connectivity index is 2.06. The lowest BCUT2D eigenvalue weighted by molar-refractivity contribution is -0.141. The summed E-state index contributed by atoms with van der Waals surface area (Å²) in [5, 5.41) is 10.3. The van der Waals surface area contributed by atoms with E-state index in [0.29, 0.717) is 11.4 Å². The van der Waals surface area contributed by atoms with Gasteiger partial charge in [-0.2, -0.15) is 0 Å². The van der Waals surface area contributed by atoms with Crippen LogP contribution in [-0.2, 0) is 27.3 Å². The van der Waals surface area contributed by atoms with E-state index < -0.39 is 12.0 Å². The molecule has 1 N–H and O–H groups in total. The molecule has 2 unspecified atom stereocenters. The van der Waals surface area contributed by atoms with Gasteiger partial charge < -0.3 is 19.1 Å². The van der Waals surface area contributed by atoms with Crippen molar-refractivity contribution >= 4 is 17.6 Å². The van der Waals surface area contributed by atoms with Gasteiger partial charge in [-0.25, -0.2) is 4.79 Å². The Hall–Kier alpha value is -2.15. The fourth-order valence-electron chi connectivity index (χ4n) is 3.58. The van der Waals surface area contributed by atoms with E-state index in [1.165, 1.54) is 10.6 Å². The van der Waals surface area contributed by atoms with E-state index in [9.17, 15) is 14.7 Å². The molecule has 29 heavy (non-hydrogen) atoms. The molecule has 1 aromatic heterocycles. The van der Waals surface area contributed by atoms with E-state index in [0.717, 1.165) is 22.3 Å². The van der Waals surface area contributed by atoms with E-state index >= 15 is 0 Å². The second kappa shape index (κ2) is 9.11. The van der Waals surface area contributed by atoms with Crippen molar-refractivity contribution in [1.82, 2.24) is 4.57 Å². The highest BCUT2D eigenvalue weighted by Gasteiger charge is 2.24. The fraction of sp³-hybridized carbons (Fsp3) is 0.455. The molecule has 6 nitrogen and oxygen atoms in total. The molecule has 2 aromatic rings. The molecule has 0 saturated heterocycles. The Morgan fingerprint density at radius 3 is 2.72 bits per heavy atom. The minimum atomic E-state index is -1.07. The zero-order valence-electron chi connectivity index (χ0n) is 16.9. The summed E-state index contributed by atoms with van der Waals surface area (Å²) >= 11 is 6.21. The number of ether oxygens (including phenoxy) is 2. The summed E-state index contributed by atoms with van der Waals surface area (Å²) in [6.07, 6.45) is 2.49. The molecule has 3 rings (SSSR count). The number of aromatic nitrogens is 1. The number of hydrogen-bond donors (Lipinski definition) is 1. The quantitative estimate of drug-likeness (QED) is 0.763. The van der Waals surface area contributed by atoms with Gasteiger partial charge in [-0.15, -0.1) is 0 Å². The van der Waals surface area contributed by atoms with Gasteiger partial charge in [0, 0.05) is 35.9 Å². The predicted molar refractivity (Wildman–Crippen MR) is 111 cm³/mol.